The standard InChI is InChI=1S/C28H30N4O4/c1-17-6-12-22-21(14-17)25(32-31-22)27(34)29-16-28(2,3)19-8-10-20(11-9-19)30-26(33)18-7-13-23(35-4)24(15-18)36-5/h6-15H,16H2,1-5H3,(H,29,34)(H,30,33)(H,31,32). The van der Waals surface area contributed by atoms with Gasteiger partial charge in [0.1, 0.15) is 0 Å². The number of rotatable bonds is 8. The molecule has 1 heterocycles. The maximum absolute atomic E-state index is 12.8. The Kier molecular flexibility index (Phi) is 6.96. The molecule has 0 aliphatic carbocycles. The highest BCUT2D eigenvalue weighted by molar-refractivity contribution is 6.05. The first-order valence-corrected chi connectivity index (χ1v) is 11.6. The summed E-state index contributed by atoms with van der Waals surface area (Å²) in [6.45, 7) is 6.51. The van der Waals surface area contributed by atoms with E-state index in [0.717, 1.165) is 22.0 Å². The van der Waals surface area contributed by atoms with E-state index in [1.165, 1.54) is 7.11 Å². The van der Waals surface area contributed by atoms with Gasteiger partial charge in [-0.25, -0.2) is 0 Å². The van der Waals surface area contributed by atoms with E-state index in [0.29, 0.717) is 35.0 Å². The summed E-state index contributed by atoms with van der Waals surface area (Å²) in [5, 5.41) is 13.8. The van der Waals surface area contributed by atoms with Crippen LogP contribution in [0, 0.1) is 6.92 Å². The predicted molar refractivity (Wildman–Crippen MR) is 140 cm³/mol. The van der Waals surface area contributed by atoms with E-state index < -0.39 is 0 Å². The number of benzene rings is 3. The predicted octanol–water partition coefficient (Wildman–Crippen LogP) is 4.85. The van der Waals surface area contributed by atoms with E-state index in [-0.39, 0.29) is 17.2 Å². The number of carbonyl (C=O) groups is 2. The van der Waals surface area contributed by atoms with Crippen LogP contribution in [-0.2, 0) is 5.41 Å². The molecule has 3 N–H and O–H groups in total. The van der Waals surface area contributed by atoms with Gasteiger partial charge in [0.15, 0.2) is 17.2 Å². The number of hydrogen-bond donors (Lipinski definition) is 3. The van der Waals surface area contributed by atoms with Crippen LogP contribution >= 0.6 is 0 Å². The summed E-state index contributed by atoms with van der Waals surface area (Å²) < 4.78 is 10.5. The van der Waals surface area contributed by atoms with Crippen LogP contribution < -0.4 is 20.1 Å². The van der Waals surface area contributed by atoms with Crippen molar-refractivity contribution >= 4 is 28.4 Å². The lowest BCUT2D eigenvalue weighted by atomic mass is 9.84. The number of ether oxygens (including phenoxy) is 2. The second-order valence-electron chi connectivity index (χ2n) is 9.29. The molecule has 2 amide bonds. The van der Waals surface area contributed by atoms with Crippen LogP contribution in [0.4, 0.5) is 5.69 Å². The minimum atomic E-state index is -0.344. The first kappa shape index (κ1) is 24.8. The minimum absolute atomic E-state index is 0.223. The van der Waals surface area contributed by atoms with Crippen LogP contribution in [-0.4, -0.2) is 42.8 Å². The number of nitrogens with zero attached hydrogens (tertiary/aromatic N) is 1. The van der Waals surface area contributed by atoms with Gasteiger partial charge in [-0.15, -0.1) is 0 Å². The third-order valence-corrected chi connectivity index (χ3v) is 6.19. The maximum Gasteiger partial charge on any atom is 0.272 e. The van der Waals surface area contributed by atoms with Crippen LogP contribution in [0.3, 0.4) is 0 Å². The first-order chi connectivity index (χ1) is 17.2. The number of H-pyrrole nitrogens is 1. The summed E-state index contributed by atoms with van der Waals surface area (Å²) in [5.74, 6) is 0.570. The number of fused-ring (bicyclic) bond motifs is 1. The number of nitrogens with one attached hydrogen (secondary N) is 3. The number of aryl methyl sites for hydroxylation is 1. The van der Waals surface area contributed by atoms with Gasteiger partial charge in [-0.05, 0) is 55.0 Å². The van der Waals surface area contributed by atoms with E-state index in [2.05, 4.69) is 34.7 Å². The molecule has 0 bridgehead atoms. The van der Waals surface area contributed by atoms with Gasteiger partial charge in [-0.2, -0.15) is 5.10 Å². The Bertz CT molecular complexity index is 1410. The highest BCUT2D eigenvalue weighted by Gasteiger charge is 2.23. The van der Waals surface area contributed by atoms with Gasteiger partial charge in [0.05, 0.1) is 19.7 Å². The molecule has 0 saturated heterocycles. The molecule has 0 fully saturated rings. The first-order valence-electron chi connectivity index (χ1n) is 11.6. The van der Waals surface area contributed by atoms with Gasteiger partial charge >= 0.3 is 0 Å². The number of anilines is 1. The number of methoxy groups -OCH3 is 2. The second-order valence-corrected chi connectivity index (χ2v) is 9.29. The topological polar surface area (TPSA) is 105 Å². The Balaban J connectivity index is 1.40. The van der Waals surface area contributed by atoms with E-state index in [1.54, 1.807) is 25.3 Å². The molecule has 0 aliphatic heterocycles. The van der Waals surface area contributed by atoms with Crippen LogP contribution in [0.5, 0.6) is 11.5 Å². The van der Waals surface area contributed by atoms with Crippen molar-refractivity contribution < 1.29 is 19.1 Å². The zero-order valence-electron chi connectivity index (χ0n) is 21.1. The molecule has 0 atom stereocenters. The van der Waals surface area contributed by atoms with Crippen LogP contribution in [0.2, 0.25) is 0 Å². The lowest BCUT2D eigenvalue weighted by Crippen LogP contribution is -2.36. The summed E-state index contributed by atoms with van der Waals surface area (Å²) in [4.78, 5) is 25.6. The van der Waals surface area contributed by atoms with E-state index >= 15 is 0 Å². The fraction of sp³-hybridized carbons (Fsp3) is 0.250. The summed E-state index contributed by atoms with van der Waals surface area (Å²) in [6.07, 6.45) is 0. The fourth-order valence-corrected chi connectivity index (χ4v) is 3.97. The van der Waals surface area contributed by atoms with Gasteiger partial charge in [-0.3, -0.25) is 14.7 Å². The summed E-state index contributed by atoms with van der Waals surface area (Å²) >= 11 is 0. The molecular formula is C28H30N4O4. The Labute approximate surface area is 210 Å². The Morgan fingerprint density at radius 3 is 2.33 bits per heavy atom. The molecule has 3 aromatic carbocycles. The molecule has 8 heteroatoms. The van der Waals surface area contributed by atoms with Crippen LogP contribution in [0.1, 0.15) is 45.8 Å². The van der Waals surface area contributed by atoms with Gasteiger partial charge in [0.2, 0.25) is 0 Å². The highest BCUT2D eigenvalue weighted by Crippen LogP contribution is 2.28. The molecular weight excluding hydrogens is 456 g/mol. The number of aromatic nitrogens is 2. The molecule has 0 aliphatic rings. The summed E-state index contributed by atoms with van der Waals surface area (Å²) in [6, 6.07) is 18.5. The SMILES string of the molecule is COc1ccc(C(=O)Nc2ccc(C(C)(C)CNC(=O)c3n[nH]c4ccc(C)cc34)cc2)cc1OC. The quantitative estimate of drug-likeness (QED) is 0.330. The fourth-order valence-electron chi connectivity index (χ4n) is 3.97. The molecule has 0 saturated carbocycles. The van der Waals surface area contributed by atoms with Crippen LogP contribution in [0.25, 0.3) is 10.9 Å². The van der Waals surface area contributed by atoms with Crippen molar-refractivity contribution in [3.63, 3.8) is 0 Å². The number of carbonyl (C=O) groups excluding carboxylic acids is 2. The molecule has 0 spiro atoms. The molecule has 4 aromatic rings. The maximum atomic E-state index is 12.8. The van der Waals surface area contributed by atoms with Gasteiger partial charge < -0.3 is 20.1 Å². The zero-order valence-corrected chi connectivity index (χ0v) is 21.1. The number of hydrogen-bond acceptors (Lipinski definition) is 5. The van der Waals surface area contributed by atoms with Crippen molar-refractivity contribution in [2.24, 2.45) is 0 Å². The second kappa shape index (κ2) is 10.1. The van der Waals surface area contributed by atoms with Crippen molar-refractivity contribution in [3.8, 4) is 11.5 Å². The summed E-state index contributed by atoms with van der Waals surface area (Å²) in [5.41, 5.74) is 4.08. The van der Waals surface area contributed by atoms with Crippen molar-refractivity contribution in [2.75, 3.05) is 26.1 Å². The van der Waals surface area contributed by atoms with Gasteiger partial charge in [0, 0.05) is 28.6 Å². The smallest absolute Gasteiger partial charge is 0.272 e. The lowest BCUT2D eigenvalue weighted by molar-refractivity contribution is 0.0941. The largest absolute Gasteiger partial charge is 0.493 e. The molecule has 8 nitrogen and oxygen atoms in total. The molecule has 1 aromatic heterocycles. The van der Waals surface area contributed by atoms with E-state index in [4.69, 9.17) is 9.47 Å². The van der Waals surface area contributed by atoms with Crippen molar-refractivity contribution in [1.82, 2.24) is 15.5 Å². The molecule has 4 rings (SSSR count). The third-order valence-electron chi connectivity index (χ3n) is 6.19. The Morgan fingerprint density at radius 1 is 0.917 bits per heavy atom. The average molecular weight is 487 g/mol. The van der Waals surface area contributed by atoms with E-state index in [9.17, 15) is 9.59 Å². The normalized spacial score (nSPS) is 11.2. The molecule has 186 valence electrons. The Morgan fingerprint density at radius 2 is 1.64 bits per heavy atom. The Hall–Kier alpha value is -4.33. The average Bonchev–Trinajstić information content (AvgIpc) is 3.30. The van der Waals surface area contributed by atoms with Crippen molar-refractivity contribution in [1.29, 1.82) is 0 Å². The monoisotopic (exact) mass is 486 g/mol. The molecule has 36 heavy (non-hydrogen) atoms. The van der Waals surface area contributed by atoms with Gasteiger partial charge in [0.25, 0.3) is 11.8 Å². The minimum Gasteiger partial charge on any atom is -0.493 e. The van der Waals surface area contributed by atoms with E-state index in [1.807, 2.05) is 49.4 Å². The highest BCUT2D eigenvalue weighted by atomic mass is 16.5. The van der Waals surface area contributed by atoms with Crippen LogP contribution in [0.15, 0.2) is 60.7 Å². The number of aromatic amines is 1. The molecule has 0 radical (unpaired) electrons. The van der Waals surface area contributed by atoms with Crippen molar-refractivity contribution in [3.05, 3.63) is 83.0 Å². The molecule has 0 unspecified atom stereocenters. The lowest BCUT2D eigenvalue weighted by Gasteiger charge is -2.26. The number of amides is 2. The van der Waals surface area contributed by atoms with Gasteiger partial charge in [-0.1, -0.05) is 37.6 Å². The third kappa shape index (κ3) is 5.17. The summed E-state index contributed by atoms with van der Waals surface area (Å²) in [7, 11) is 3.08. The van der Waals surface area contributed by atoms with Crippen molar-refractivity contribution in [2.45, 2.75) is 26.2 Å². The zero-order chi connectivity index (χ0) is 25.9.